The molecule has 0 aliphatic heterocycles. The molecular formula is C20H21BrN4OS. The van der Waals surface area contributed by atoms with Gasteiger partial charge in [0.25, 0.3) is 0 Å². The Bertz CT molecular complexity index is 905. The van der Waals surface area contributed by atoms with Crippen molar-refractivity contribution < 1.29 is 4.74 Å². The number of rotatable bonds is 7. The van der Waals surface area contributed by atoms with Crippen LogP contribution in [0.4, 0.5) is 0 Å². The van der Waals surface area contributed by atoms with E-state index in [-0.39, 0.29) is 5.92 Å². The van der Waals surface area contributed by atoms with E-state index in [0.717, 1.165) is 32.5 Å². The Hall–Kier alpha value is -2.12. The Labute approximate surface area is 172 Å². The zero-order chi connectivity index (χ0) is 19.2. The molecule has 0 atom stereocenters. The second-order valence-corrected chi connectivity index (χ2v) is 8.10. The van der Waals surface area contributed by atoms with Crippen molar-refractivity contribution in [2.45, 2.75) is 30.7 Å². The van der Waals surface area contributed by atoms with E-state index in [4.69, 9.17) is 4.74 Å². The van der Waals surface area contributed by atoms with Gasteiger partial charge in [-0.15, -0.1) is 10.2 Å². The Morgan fingerprint density at radius 3 is 2.44 bits per heavy atom. The number of thioether (sulfide) groups is 1. The van der Waals surface area contributed by atoms with Crippen LogP contribution in [-0.4, -0.2) is 28.2 Å². The lowest BCUT2D eigenvalue weighted by Crippen LogP contribution is -2.02. The minimum Gasteiger partial charge on any atom is -0.497 e. The number of ether oxygens (including phenoxy) is 1. The zero-order valence-corrected chi connectivity index (χ0v) is 17.9. The molecule has 0 fully saturated rings. The van der Waals surface area contributed by atoms with Gasteiger partial charge in [0.15, 0.2) is 5.82 Å². The highest BCUT2D eigenvalue weighted by molar-refractivity contribution is 9.10. The maximum atomic E-state index is 5.19. The summed E-state index contributed by atoms with van der Waals surface area (Å²) in [4.78, 5) is 0. The summed E-state index contributed by atoms with van der Waals surface area (Å²) in [5.74, 6) is 2.71. The van der Waals surface area contributed by atoms with Crippen LogP contribution in [0, 0.1) is 0 Å². The van der Waals surface area contributed by atoms with E-state index in [0.29, 0.717) is 0 Å². The fourth-order valence-electron chi connectivity index (χ4n) is 2.38. The predicted octanol–water partition coefficient (Wildman–Crippen LogP) is 5.35. The highest BCUT2D eigenvalue weighted by atomic mass is 79.9. The second-order valence-electron chi connectivity index (χ2n) is 6.24. The standard InChI is InChI=1S/C20H21BrN4OS/c1-14(2)19-23-24-20(27-13-16-4-8-17(21)9-5-16)25(19)22-12-15-6-10-18(26-3)11-7-15/h4-12,14H,13H2,1-3H3/b22-12+. The molecule has 0 saturated heterocycles. The van der Waals surface area contributed by atoms with E-state index < -0.39 is 0 Å². The SMILES string of the molecule is COc1ccc(/C=N/n2c(SCc3ccc(Br)cc3)nnc2C(C)C)cc1. The normalized spacial score (nSPS) is 11.4. The Balaban J connectivity index is 1.80. The van der Waals surface area contributed by atoms with Gasteiger partial charge in [-0.2, -0.15) is 9.78 Å². The van der Waals surface area contributed by atoms with Gasteiger partial charge in [0.1, 0.15) is 5.75 Å². The highest BCUT2D eigenvalue weighted by Gasteiger charge is 2.15. The van der Waals surface area contributed by atoms with Crippen molar-refractivity contribution in [2.24, 2.45) is 5.10 Å². The number of nitrogens with zero attached hydrogens (tertiary/aromatic N) is 4. The molecule has 0 radical (unpaired) electrons. The zero-order valence-electron chi connectivity index (χ0n) is 15.5. The first kappa shape index (κ1) is 19.6. The maximum absolute atomic E-state index is 5.19. The van der Waals surface area contributed by atoms with E-state index in [1.807, 2.05) is 47.3 Å². The van der Waals surface area contributed by atoms with Gasteiger partial charge in [-0.05, 0) is 47.5 Å². The highest BCUT2D eigenvalue weighted by Crippen LogP contribution is 2.25. The third kappa shape index (κ3) is 5.20. The van der Waals surface area contributed by atoms with E-state index in [1.54, 1.807) is 18.9 Å². The molecule has 27 heavy (non-hydrogen) atoms. The molecular weight excluding hydrogens is 424 g/mol. The van der Waals surface area contributed by atoms with Crippen LogP contribution in [0.1, 0.15) is 36.7 Å². The summed E-state index contributed by atoms with van der Waals surface area (Å²) in [6.07, 6.45) is 1.82. The number of benzene rings is 2. The lowest BCUT2D eigenvalue weighted by Gasteiger charge is -2.07. The lowest BCUT2D eigenvalue weighted by molar-refractivity contribution is 0.415. The number of halogens is 1. The summed E-state index contributed by atoms with van der Waals surface area (Å²) in [6.45, 7) is 4.18. The van der Waals surface area contributed by atoms with Crippen LogP contribution in [0.15, 0.2) is 63.3 Å². The van der Waals surface area contributed by atoms with Gasteiger partial charge in [-0.3, -0.25) is 0 Å². The molecule has 1 aromatic heterocycles. The minimum atomic E-state index is 0.229. The van der Waals surface area contributed by atoms with Gasteiger partial charge in [0, 0.05) is 16.1 Å². The number of hydrogen-bond acceptors (Lipinski definition) is 5. The molecule has 2 aromatic carbocycles. The van der Waals surface area contributed by atoms with Crippen LogP contribution in [0.5, 0.6) is 5.75 Å². The fraction of sp³-hybridized carbons (Fsp3) is 0.250. The molecule has 5 nitrogen and oxygen atoms in total. The quantitative estimate of drug-likeness (QED) is 0.364. The molecule has 0 saturated carbocycles. The number of hydrogen-bond donors (Lipinski definition) is 0. The topological polar surface area (TPSA) is 52.3 Å². The summed E-state index contributed by atoms with van der Waals surface area (Å²) in [6, 6.07) is 16.1. The molecule has 140 valence electrons. The van der Waals surface area contributed by atoms with Crippen LogP contribution < -0.4 is 4.74 Å². The van der Waals surface area contributed by atoms with Crippen molar-refractivity contribution in [1.82, 2.24) is 14.9 Å². The monoisotopic (exact) mass is 444 g/mol. The Morgan fingerprint density at radius 2 is 1.81 bits per heavy atom. The first-order chi connectivity index (χ1) is 13.1. The van der Waals surface area contributed by atoms with E-state index in [9.17, 15) is 0 Å². The van der Waals surface area contributed by atoms with E-state index in [1.165, 1.54) is 5.56 Å². The van der Waals surface area contributed by atoms with Crippen LogP contribution in [0.25, 0.3) is 0 Å². The van der Waals surface area contributed by atoms with Crippen molar-refractivity contribution in [3.8, 4) is 5.75 Å². The molecule has 0 unspecified atom stereocenters. The Morgan fingerprint density at radius 1 is 1.11 bits per heavy atom. The van der Waals surface area contributed by atoms with Crippen LogP contribution in [0.2, 0.25) is 0 Å². The van der Waals surface area contributed by atoms with Crippen LogP contribution >= 0.6 is 27.7 Å². The summed E-state index contributed by atoms with van der Waals surface area (Å²) in [5.41, 5.74) is 2.21. The van der Waals surface area contributed by atoms with Gasteiger partial charge in [0.05, 0.1) is 13.3 Å². The van der Waals surface area contributed by atoms with Crippen molar-refractivity contribution >= 4 is 33.9 Å². The van der Waals surface area contributed by atoms with Crippen molar-refractivity contribution in [3.05, 3.63) is 70.0 Å². The second kappa shape index (κ2) is 9.19. The van der Waals surface area contributed by atoms with Crippen molar-refractivity contribution in [1.29, 1.82) is 0 Å². The predicted molar refractivity (Wildman–Crippen MR) is 114 cm³/mol. The van der Waals surface area contributed by atoms with E-state index in [2.05, 4.69) is 57.2 Å². The smallest absolute Gasteiger partial charge is 0.212 e. The van der Waals surface area contributed by atoms with Gasteiger partial charge in [-0.25, -0.2) is 0 Å². The summed E-state index contributed by atoms with van der Waals surface area (Å²) in [5, 5.41) is 14.1. The first-order valence-electron chi connectivity index (χ1n) is 8.58. The average Bonchev–Trinajstić information content (AvgIpc) is 3.09. The molecule has 3 aromatic rings. The largest absolute Gasteiger partial charge is 0.497 e. The van der Waals surface area contributed by atoms with Gasteiger partial charge in [0.2, 0.25) is 5.16 Å². The Kier molecular flexibility index (Phi) is 6.68. The number of aromatic nitrogens is 3. The summed E-state index contributed by atoms with van der Waals surface area (Å²) in [7, 11) is 1.66. The molecule has 0 aliphatic rings. The summed E-state index contributed by atoms with van der Waals surface area (Å²) < 4.78 is 8.10. The number of methoxy groups -OCH3 is 1. The average molecular weight is 445 g/mol. The van der Waals surface area contributed by atoms with Crippen LogP contribution in [0.3, 0.4) is 0 Å². The molecule has 1 heterocycles. The lowest BCUT2D eigenvalue weighted by atomic mass is 10.2. The maximum Gasteiger partial charge on any atom is 0.212 e. The van der Waals surface area contributed by atoms with Gasteiger partial charge >= 0.3 is 0 Å². The molecule has 0 aliphatic carbocycles. The van der Waals surface area contributed by atoms with E-state index >= 15 is 0 Å². The van der Waals surface area contributed by atoms with Crippen molar-refractivity contribution in [2.75, 3.05) is 7.11 Å². The molecule has 0 spiro atoms. The van der Waals surface area contributed by atoms with Crippen LogP contribution in [-0.2, 0) is 5.75 Å². The molecule has 3 rings (SSSR count). The summed E-state index contributed by atoms with van der Waals surface area (Å²) >= 11 is 5.09. The molecule has 7 heteroatoms. The molecule has 0 N–H and O–H groups in total. The third-order valence-electron chi connectivity index (χ3n) is 3.87. The van der Waals surface area contributed by atoms with Gasteiger partial charge in [-0.1, -0.05) is 53.7 Å². The van der Waals surface area contributed by atoms with Crippen molar-refractivity contribution in [3.63, 3.8) is 0 Å². The van der Waals surface area contributed by atoms with Gasteiger partial charge < -0.3 is 4.74 Å². The fourth-order valence-corrected chi connectivity index (χ4v) is 3.49. The molecule has 0 bridgehead atoms. The minimum absolute atomic E-state index is 0.229. The first-order valence-corrected chi connectivity index (χ1v) is 10.4. The molecule has 0 amide bonds. The third-order valence-corrected chi connectivity index (χ3v) is 5.39.